The number of hydrogen-bond donors (Lipinski definition) is 2. The van der Waals surface area contributed by atoms with Gasteiger partial charge in [-0.25, -0.2) is 18.2 Å². The molecule has 0 saturated carbocycles. The summed E-state index contributed by atoms with van der Waals surface area (Å²) in [6.07, 6.45) is 3.57. The van der Waals surface area contributed by atoms with E-state index < -0.39 is 41.5 Å². The first-order valence-electron chi connectivity index (χ1n) is 10.0. The lowest BCUT2D eigenvalue weighted by atomic mass is 10.2. The summed E-state index contributed by atoms with van der Waals surface area (Å²) in [7, 11) is 0. The van der Waals surface area contributed by atoms with Crippen LogP contribution >= 0.6 is 11.3 Å². The highest BCUT2D eigenvalue weighted by Gasteiger charge is 2.23. The third kappa shape index (κ3) is 3.99. The molecule has 3 heterocycles. The maximum Gasteiger partial charge on any atom is 0.262 e. The van der Waals surface area contributed by atoms with Crippen molar-refractivity contribution >= 4 is 39.1 Å². The summed E-state index contributed by atoms with van der Waals surface area (Å²) in [6, 6.07) is 1.56. The Bertz CT molecular complexity index is 1300. The number of nitrogens with one attached hydrogen (secondary N) is 2. The van der Waals surface area contributed by atoms with E-state index in [-0.39, 0.29) is 10.4 Å². The van der Waals surface area contributed by atoms with Gasteiger partial charge in [0.25, 0.3) is 11.5 Å². The Morgan fingerprint density at radius 3 is 2.72 bits per heavy atom. The van der Waals surface area contributed by atoms with Crippen LogP contribution in [0, 0.1) is 24.4 Å². The second kappa shape index (κ2) is 8.73. The summed E-state index contributed by atoms with van der Waals surface area (Å²) < 4.78 is 41.6. The second-order valence-corrected chi connectivity index (χ2v) is 8.48. The Kier molecular flexibility index (Phi) is 6.00. The van der Waals surface area contributed by atoms with Gasteiger partial charge in [-0.1, -0.05) is 6.42 Å². The summed E-state index contributed by atoms with van der Waals surface area (Å²) in [5.74, 6) is -5.32. The molecule has 0 atom stereocenters. The molecule has 168 valence electrons. The van der Waals surface area contributed by atoms with Gasteiger partial charge in [0.1, 0.15) is 10.7 Å². The lowest BCUT2D eigenvalue weighted by molar-refractivity contribution is -0.115. The van der Waals surface area contributed by atoms with E-state index >= 15 is 0 Å². The molecule has 2 N–H and O–H groups in total. The van der Waals surface area contributed by atoms with Crippen molar-refractivity contribution in [3.05, 3.63) is 56.2 Å². The first kappa shape index (κ1) is 22.0. The quantitative estimate of drug-likeness (QED) is 0.580. The number of anilines is 1. The number of thiophene rings is 1. The van der Waals surface area contributed by atoms with E-state index in [1.165, 1.54) is 0 Å². The topological polar surface area (TPSA) is 93.1 Å². The molecule has 0 radical (unpaired) electrons. The third-order valence-corrected chi connectivity index (χ3v) is 6.52. The maximum absolute atomic E-state index is 13.7. The zero-order valence-electron chi connectivity index (χ0n) is 17.1. The van der Waals surface area contributed by atoms with Gasteiger partial charge in [-0.3, -0.25) is 19.0 Å². The van der Waals surface area contributed by atoms with Gasteiger partial charge < -0.3 is 10.6 Å². The van der Waals surface area contributed by atoms with Crippen molar-refractivity contribution in [1.29, 1.82) is 0 Å². The summed E-state index contributed by atoms with van der Waals surface area (Å²) in [6.45, 7) is 1.71. The Labute approximate surface area is 184 Å². The van der Waals surface area contributed by atoms with E-state index in [1.807, 2.05) is 0 Å². The van der Waals surface area contributed by atoms with Crippen LogP contribution < -0.4 is 16.2 Å². The van der Waals surface area contributed by atoms with Crippen molar-refractivity contribution in [2.75, 3.05) is 11.9 Å². The molecule has 1 aromatic carbocycles. The number of nitrogens with zero attached hydrogens (tertiary/aromatic N) is 2. The summed E-state index contributed by atoms with van der Waals surface area (Å²) in [5, 5.41) is 4.87. The van der Waals surface area contributed by atoms with Crippen LogP contribution in [0.5, 0.6) is 0 Å². The fourth-order valence-corrected chi connectivity index (χ4v) is 4.79. The smallest absolute Gasteiger partial charge is 0.262 e. The van der Waals surface area contributed by atoms with Crippen LogP contribution in [-0.4, -0.2) is 27.9 Å². The zero-order chi connectivity index (χ0) is 23.0. The summed E-state index contributed by atoms with van der Waals surface area (Å²) in [4.78, 5) is 43.0. The Morgan fingerprint density at radius 1 is 1.16 bits per heavy atom. The van der Waals surface area contributed by atoms with Gasteiger partial charge in [0, 0.05) is 13.0 Å². The van der Waals surface area contributed by atoms with Crippen molar-refractivity contribution < 1.29 is 22.8 Å². The van der Waals surface area contributed by atoms with E-state index in [1.54, 1.807) is 11.5 Å². The monoisotopic (exact) mass is 464 g/mol. The first-order chi connectivity index (χ1) is 15.3. The lowest BCUT2D eigenvalue weighted by Crippen LogP contribution is -2.33. The minimum absolute atomic E-state index is 0.175. The molecule has 3 aromatic rings. The predicted molar refractivity (Wildman–Crippen MR) is 113 cm³/mol. The van der Waals surface area contributed by atoms with Crippen LogP contribution in [-0.2, 0) is 17.8 Å². The molecule has 0 spiro atoms. The van der Waals surface area contributed by atoms with Gasteiger partial charge in [0.15, 0.2) is 17.5 Å². The SMILES string of the molecule is Cc1c(C(=O)NCC(=O)Nc2ccc(F)c(F)c2F)sc2nc3n(c(=O)c12)CCCCC3. The van der Waals surface area contributed by atoms with E-state index in [4.69, 9.17) is 0 Å². The molecule has 0 fully saturated rings. The van der Waals surface area contributed by atoms with Crippen molar-refractivity contribution in [2.24, 2.45) is 0 Å². The van der Waals surface area contributed by atoms with E-state index in [9.17, 15) is 27.6 Å². The minimum atomic E-state index is -1.70. The number of carbonyl (C=O) groups is 2. The van der Waals surface area contributed by atoms with Gasteiger partial charge in [-0.15, -0.1) is 11.3 Å². The summed E-state index contributed by atoms with van der Waals surface area (Å²) in [5.41, 5.74) is -0.238. The molecule has 11 heteroatoms. The lowest BCUT2D eigenvalue weighted by Gasteiger charge is -2.08. The standard InChI is InChI=1S/C21H19F3N4O3S/c1-10-15-20(27-13-5-3-2-4-8-28(13)21(15)31)32-18(10)19(30)25-9-14(29)26-12-7-6-11(22)16(23)17(12)24/h6-7H,2-5,8-9H2,1H3,(H,25,30)(H,26,29). The molecule has 1 aliphatic heterocycles. The highest BCUT2D eigenvalue weighted by atomic mass is 32.1. The van der Waals surface area contributed by atoms with Crippen LogP contribution in [0.4, 0.5) is 18.9 Å². The van der Waals surface area contributed by atoms with Crippen LogP contribution in [0.15, 0.2) is 16.9 Å². The Balaban J connectivity index is 1.51. The molecular formula is C21H19F3N4O3S. The van der Waals surface area contributed by atoms with Crippen molar-refractivity contribution in [1.82, 2.24) is 14.9 Å². The second-order valence-electron chi connectivity index (χ2n) is 7.49. The number of aryl methyl sites for hydroxylation is 2. The fraction of sp³-hybridized carbons (Fsp3) is 0.333. The largest absolute Gasteiger partial charge is 0.342 e. The molecule has 2 amide bonds. The normalized spacial score (nSPS) is 13.5. The van der Waals surface area contributed by atoms with E-state index in [2.05, 4.69) is 15.6 Å². The highest BCUT2D eigenvalue weighted by Crippen LogP contribution is 2.28. The van der Waals surface area contributed by atoms with Gasteiger partial charge in [-0.2, -0.15) is 0 Å². The first-order valence-corrected chi connectivity index (χ1v) is 10.8. The fourth-order valence-electron chi connectivity index (χ4n) is 3.68. The Morgan fingerprint density at radius 2 is 1.94 bits per heavy atom. The Hall–Kier alpha value is -3.21. The minimum Gasteiger partial charge on any atom is -0.342 e. The van der Waals surface area contributed by atoms with Crippen molar-refractivity contribution in [3.63, 3.8) is 0 Å². The molecule has 32 heavy (non-hydrogen) atoms. The number of hydrogen-bond acceptors (Lipinski definition) is 5. The predicted octanol–water partition coefficient (Wildman–Crippen LogP) is 3.28. The van der Waals surface area contributed by atoms with Crippen molar-refractivity contribution in [3.8, 4) is 0 Å². The molecule has 0 unspecified atom stereocenters. The van der Waals surface area contributed by atoms with Gasteiger partial charge in [-0.05, 0) is 37.5 Å². The molecular weight excluding hydrogens is 445 g/mol. The number of amides is 2. The number of fused-ring (bicyclic) bond motifs is 2. The molecule has 0 bridgehead atoms. The summed E-state index contributed by atoms with van der Waals surface area (Å²) >= 11 is 1.07. The third-order valence-electron chi connectivity index (χ3n) is 5.34. The van der Waals surface area contributed by atoms with E-state index in [0.717, 1.165) is 36.7 Å². The number of benzene rings is 1. The number of aromatic nitrogens is 2. The molecule has 4 rings (SSSR count). The average molecular weight is 464 g/mol. The van der Waals surface area contributed by atoms with Gasteiger partial charge in [0.2, 0.25) is 5.91 Å². The van der Waals surface area contributed by atoms with Gasteiger partial charge >= 0.3 is 0 Å². The van der Waals surface area contributed by atoms with Gasteiger partial charge in [0.05, 0.1) is 22.5 Å². The van der Waals surface area contributed by atoms with Crippen LogP contribution in [0.25, 0.3) is 10.2 Å². The van der Waals surface area contributed by atoms with Crippen molar-refractivity contribution in [2.45, 2.75) is 39.2 Å². The molecule has 2 aromatic heterocycles. The molecule has 0 saturated heterocycles. The van der Waals surface area contributed by atoms with Crippen LogP contribution in [0.1, 0.15) is 40.3 Å². The molecule has 7 nitrogen and oxygen atoms in total. The zero-order valence-corrected chi connectivity index (χ0v) is 17.9. The van der Waals surface area contributed by atoms with Crippen LogP contribution in [0.2, 0.25) is 0 Å². The highest BCUT2D eigenvalue weighted by molar-refractivity contribution is 7.20. The van der Waals surface area contributed by atoms with Crippen LogP contribution in [0.3, 0.4) is 0 Å². The average Bonchev–Trinajstić information content (AvgIpc) is 2.93. The number of rotatable bonds is 4. The maximum atomic E-state index is 13.7. The van der Waals surface area contributed by atoms with E-state index in [0.29, 0.717) is 40.6 Å². The number of halogens is 3. The number of carbonyl (C=O) groups excluding carboxylic acids is 2. The molecule has 0 aliphatic carbocycles. The molecule has 1 aliphatic rings.